The molecule has 6 heterocycles. The Kier molecular flexibility index (Phi) is 32.6. The monoisotopic (exact) mass is 1410 g/mol. The predicted octanol–water partition coefficient (Wildman–Crippen LogP) is 2.55. The third kappa shape index (κ3) is 20.9. The number of fused-ring (bicyclic) bond motifs is 2. The Labute approximate surface area is 574 Å². The zero-order chi connectivity index (χ0) is 67.9. The number of nitriles is 2. The van der Waals surface area contributed by atoms with Crippen LogP contribution in [0.25, 0.3) is 11.0 Å². The van der Waals surface area contributed by atoms with Gasteiger partial charge in [-0.05, 0) is 102 Å². The first-order chi connectivity index (χ1) is 43.5. The second-order valence-corrected chi connectivity index (χ2v) is 24.8. The summed E-state index contributed by atoms with van der Waals surface area (Å²) in [5, 5.41) is 94.5. The van der Waals surface area contributed by atoms with Gasteiger partial charge in [0.2, 0.25) is 11.2 Å². The number of esters is 2. The molecule has 4 aromatic heterocycles. The number of nitrogens with zero attached hydrogens (tertiary/aromatic N) is 9. The maximum Gasteiger partial charge on any atom is 2.00 e. The number of nitro benzene ring substituents is 1. The summed E-state index contributed by atoms with van der Waals surface area (Å²) in [7, 11) is -8.37. The largest absolute Gasteiger partial charge is 2.00 e. The van der Waals surface area contributed by atoms with Crippen LogP contribution < -0.4 is 47.6 Å². The van der Waals surface area contributed by atoms with Crippen LogP contribution in [0.1, 0.15) is 81.1 Å². The fourth-order valence-corrected chi connectivity index (χ4v) is 11.7. The van der Waals surface area contributed by atoms with E-state index in [-0.39, 0.29) is 99.7 Å². The van der Waals surface area contributed by atoms with Crippen molar-refractivity contribution in [2.75, 3.05) is 24.7 Å². The number of nitrogens with two attached hydrogens (primary N) is 2. The number of aliphatic hydroxyl groups is 5. The molecule has 0 saturated carbocycles. The van der Waals surface area contributed by atoms with E-state index in [1.165, 1.54) is 90.0 Å². The SMILES string of the molecule is C.CC(C)OC(=O)[C@H](C)N[P@](=O)(OC[C@H]1O[C@@](C#N)(c2ccc3c(N)ncnn23)[C@H](O)[C@@H]1O)Oc1ccccc1.CC(C)OC(=O)[C@H](C)N[P@](=O)(Oc1ccccc1)Oc1ccc([N+](=O)[O-])cc1.C[C-](C)C.F.N#C[C@@]1(c2ccc3c(N)ncnn23)O[C@H](CO)[C@@H](O)[C@H]1O.[Cl-].[Mg+2]. The van der Waals surface area contributed by atoms with E-state index in [0.29, 0.717) is 11.0 Å². The number of halogens is 2. The third-order valence-corrected chi connectivity index (χ3v) is 16.1. The van der Waals surface area contributed by atoms with Gasteiger partial charge in [0.15, 0.2) is 11.6 Å². The Hall–Kier alpha value is -7.73. The molecule has 0 unspecified atom stereocenters. The minimum Gasteiger partial charge on any atom is -1.00 e. The van der Waals surface area contributed by atoms with E-state index in [4.69, 9.17) is 48.5 Å². The molecule has 518 valence electrons. The summed E-state index contributed by atoms with van der Waals surface area (Å²) in [5.41, 5.74) is 8.63. The van der Waals surface area contributed by atoms with E-state index in [1.54, 1.807) is 88.4 Å². The van der Waals surface area contributed by atoms with Crippen molar-refractivity contribution < 1.29 is 103 Å². The molecule has 2 saturated heterocycles. The van der Waals surface area contributed by atoms with Gasteiger partial charge in [-0.1, -0.05) is 43.8 Å². The Morgan fingerprint density at radius 2 is 1.04 bits per heavy atom. The van der Waals surface area contributed by atoms with Crippen LogP contribution in [0, 0.1) is 38.7 Å². The Balaban J connectivity index is 0.000000486. The van der Waals surface area contributed by atoms with Crippen LogP contribution in [0.3, 0.4) is 0 Å². The molecular weight excluding hydrogens is 1340 g/mol. The van der Waals surface area contributed by atoms with Gasteiger partial charge in [-0.2, -0.15) is 51.7 Å². The number of carbonyl (C=O) groups excluding carboxylic acids is 2. The molecule has 3 aromatic carbocycles. The average molecular weight is 1410 g/mol. The van der Waals surface area contributed by atoms with Crippen LogP contribution in [-0.2, 0) is 53.4 Å². The number of hydrogen-bond acceptors (Lipinski definition) is 27. The van der Waals surface area contributed by atoms with Crippen molar-refractivity contribution in [2.24, 2.45) is 0 Å². The number of benzene rings is 3. The molecule has 32 nitrogen and oxygen atoms in total. The molecule has 0 radical (unpaired) electrons. The summed E-state index contributed by atoms with van der Waals surface area (Å²) in [4.78, 5) is 42.3. The minimum absolute atomic E-state index is 0. The molecule has 12 atom stereocenters. The number of nitrogen functional groups attached to an aromatic ring is 2. The molecule has 11 N–H and O–H groups in total. The Morgan fingerprint density at radius 1 is 0.677 bits per heavy atom. The third-order valence-electron chi connectivity index (χ3n) is 12.9. The molecule has 96 heavy (non-hydrogen) atoms. The van der Waals surface area contributed by atoms with Crippen molar-refractivity contribution in [1.29, 1.82) is 10.5 Å². The van der Waals surface area contributed by atoms with E-state index in [1.807, 2.05) is 12.1 Å². The van der Waals surface area contributed by atoms with Gasteiger partial charge in [-0.25, -0.2) is 28.1 Å². The average Bonchev–Trinajstić information content (AvgIpc) is 1.59. The first kappa shape index (κ1) is 84.4. The summed E-state index contributed by atoms with van der Waals surface area (Å²) >= 11 is 0. The summed E-state index contributed by atoms with van der Waals surface area (Å²) in [6.07, 6.45) is -7.08. The van der Waals surface area contributed by atoms with Crippen molar-refractivity contribution in [3.05, 3.63) is 149 Å². The van der Waals surface area contributed by atoms with Crippen molar-refractivity contribution in [2.45, 2.75) is 142 Å². The van der Waals surface area contributed by atoms with Crippen LogP contribution >= 0.6 is 15.5 Å². The zero-order valence-corrected chi connectivity index (χ0v) is 56.7. The molecule has 9 rings (SSSR count). The van der Waals surface area contributed by atoms with Gasteiger partial charge in [0.1, 0.15) is 102 Å². The molecule has 2 aliphatic heterocycles. The summed E-state index contributed by atoms with van der Waals surface area (Å²) in [6, 6.07) is 29.2. The second-order valence-electron chi connectivity index (χ2n) is 21.5. The van der Waals surface area contributed by atoms with Gasteiger partial charge < -0.3 is 87.8 Å². The number of nitro groups is 1. The first-order valence-electron chi connectivity index (χ1n) is 28.2. The van der Waals surface area contributed by atoms with E-state index >= 15 is 0 Å². The molecular formula is C59H77ClFMgN13O19P2. The fraction of sp³-hybridized carbons (Fsp3) is 0.407. The van der Waals surface area contributed by atoms with Crippen LogP contribution in [-0.4, -0.2) is 169 Å². The number of carbonyl (C=O) groups is 2. The maximum absolute atomic E-state index is 13.7. The van der Waals surface area contributed by atoms with Crippen molar-refractivity contribution in [1.82, 2.24) is 39.4 Å². The minimum atomic E-state index is -4.30. The molecule has 2 aliphatic rings. The molecule has 0 aliphatic carbocycles. The van der Waals surface area contributed by atoms with E-state index < -0.39 is 112 Å². The summed E-state index contributed by atoms with van der Waals surface area (Å²) in [5.74, 6) is 0.936. The van der Waals surface area contributed by atoms with Crippen molar-refractivity contribution >= 4 is 78.8 Å². The number of nitrogens with one attached hydrogen (secondary N) is 2. The molecule has 0 amide bonds. The molecule has 2 fully saturated rings. The van der Waals surface area contributed by atoms with Gasteiger partial charge in [-0.3, -0.25) is 28.9 Å². The molecule has 7 aromatic rings. The number of non-ortho nitro benzene ring substituents is 1. The fourth-order valence-electron chi connectivity index (χ4n) is 8.70. The van der Waals surface area contributed by atoms with Crippen molar-refractivity contribution in [3.8, 4) is 29.4 Å². The quantitative estimate of drug-likeness (QED) is 0.0125. The Morgan fingerprint density at radius 3 is 1.41 bits per heavy atom. The van der Waals surface area contributed by atoms with Gasteiger partial charge in [0.05, 0.1) is 41.7 Å². The zero-order valence-electron chi connectivity index (χ0n) is 52.8. The molecule has 0 bridgehead atoms. The standard InChI is InChI=1S/C24H29N6O8P.C18H21N2O7P.C12H13N5O4.C4H9.CH4.ClH.FH.Mg/c1-14(2)36-23(33)15(3)29-39(34,38-16-7-5-4-6-8-16)35-11-18-20(31)21(32)24(12-25,37-18)19-10-9-17-22(26)27-13-28-30(17)19;1-13(2)25-18(21)14(3)19-28(24,26-16-7-5-4-6-8-16)27-17-11-9-15(10-12-17)20(22)23;13-4-12(10(20)9(19)7(3-18)21-12)8-2-1-6-11(14)15-5-16-17(6)8;1-4(2)3;;;;/h4-10,13-15,18,20-21,31-32H,11H2,1-3H3,(H,29,34)(H2,26,27,28);4-14H,1-3H3,(H,19,24);1-2,5,7,9-10,18-20H,3H2,(H2,14,15,16);1-3H3;1H4;2*1H;/q;;;-1;;;;+2/p-1/t15-,18+,20+,21+,24-,39-;14-,28-;7-,9-,10-,12+;;;;;/m001...../s1. The van der Waals surface area contributed by atoms with E-state index in [9.17, 15) is 64.9 Å². The van der Waals surface area contributed by atoms with E-state index in [2.05, 4.69) is 51.1 Å². The number of rotatable bonds is 21. The molecule has 37 heteroatoms. The summed E-state index contributed by atoms with van der Waals surface area (Å²) < 4.78 is 73.3. The van der Waals surface area contributed by atoms with Gasteiger partial charge in [-0.15, -0.1) is 0 Å². The smallest absolute Gasteiger partial charge is 1.00 e. The topological polar surface area (TPSA) is 470 Å². The van der Waals surface area contributed by atoms with E-state index in [0.717, 1.165) is 0 Å². The number of aromatic nitrogens is 6. The molecule has 0 spiro atoms. The summed E-state index contributed by atoms with van der Waals surface area (Å²) in [6.45, 7) is 14.7. The normalized spacial score (nSPS) is 21.8. The number of para-hydroxylation sites is 2. The maximum atomic E-state index is 13.7. The van der Waals surface area contributed by atoms with Crippen molar-refractivity contribution in [3.63, 3.8) is 0 Å². The number of hydrogen-bond donors (Lipinski definition) is 9. The number of ether oxygens (including phenoxy) is 4. The van der Waals surface area contributed by atoms with Gasteiger partial charge in [0.25, 0.3) is 5.69 Å². The van der Waals surface area contributed by atoms with Gasteiger partial charge >= 0.3 is 50.5 Å². The van der Waals surface area contributed by atoms with Gasteiger partial charge in [0, 0.05) is 12.1 Å². The Bertz CT molecular complexity index is 3820. The van der Waals surface area contributed by atoms with Crippen LogP contribution in [0.2, 0.25) is 0 Å². The second kappa shape index (κ2) is 37.1. The van der Waals surface area contributed by atoms with Crippen LogP contribution in [0.4, 0.5) is 22.0 Å². The first-order valence-corrected chi connectivity index (χ1v) is 31.2. The van der Waals surface area contributed by atoms with Crippen LogP contribution in [0.5, 0.6) is 17.2 Å². The predicted molar refractivity (Wildman–Crippen MR) is 342 cm³/mol. The van der Waals surface area contributed by atoms with Crippen LogP contribution in [0.15, 0.2) is 122 Å². The number of anilines is 2. The number of aliphatic hydroxyl groups excluding tert-OH is 5.